The minimum atomic E-state index is 0.693. The van der Waals surface area contributed by atoms with E-state index < -0.39 is 0 Å². The Morgan fingerprint density at radius 2 is 1.90 bits per heavy atom. The Labute approximate surface area is 119 Å². The molecule has 102 valence electrons. The van der Waals surface area contributed by atoms with Crippen molar-refractivity contribution >= 4 is 10.9 Å². The first kappa shape index (κ1) is 12.9. The molecule has 2 nitrogen and oxygen atoms in total. The van der Waals surface area contributed by atoms with Crippen LogP contribution in [0, 0.1) is 6.92 Å². The van der Waals surface area contributed by atoms with Crippen LogP contribution in [0.15, 0.2) is 54.7 Å². The van der Waals surface area contributed by atoms with Gasteiger partial charge in [-0.1, -0.05) is 48.0 Å². The second-order valence-corrected chi connectivity index (χ2v) is 5.33. The predicted octanol–water partition coefficient (Wildman–Crippen LogP) is 3.50. The zero-order chi connectivity index (χ0) is 13.9. The molecular formula is C18H20N2. The number of fused-ring (bicyclic) bond motifs is 1. The van der Waals surface area contributed by atoms with Gasteiger partial charge < -0.3 is 10.3 Å². The zero-order valence-corrected chi connectivity index (χ0v) is 11.8. The van der Waals surface area contributed by atoms with Crippen LogP contribution in [-0.4, -0.2) is 11.1 Å². The van der Waals surface area contributed by atoms with Crippen molar-refractivity contribution in [2.45, 2.75) is 19.9 Å². The van der Waals surface area contributed by atoms with Crippen LogP contribution in [0.5, 0.6) is 0 Å². The Hall–Kier alpha value is -2.06. The standard InChI is InChI=1S/C18H20N2/c1-14-5-4-6-15(11-14)12-20-13-16(9-10-19)17-7-2-3-8-18(17)20/h2-8,11,13H,9-10,12,19H2,1H3. The number of nitrogens with zero attached hydrogens (tertiary/aromatic N) is 1. The lowest BCUT2D eigenvalue weighted by atomic mass is 10.1. The first-order chi connectivity index (χ1) is 9.78. The maximum atomic E-state index is 5.72. The molecule has 1 heterocycles. The lowest BCUT2D eigenvalue weighted by Gasteiger charge is -2.06. The van der Waals surface area contributed by atoms with Gasteiger partial charge in [0.05, 0.1) is 0 Å². The van der Waals surface area contributed by atoms with Gasteiger partial charge in [-0.25, -0.2) is 0 Å². The lowest BCUT2D eigenvalue weighted by Crippen LogP contribution is -2.02. The van der Waals surface area contributed by atoms with Gasteiger partial charge in [-0.2, -0.15) is 0 Å². The van der Waals surface area contributed by atoms with E-state index in [2.05, 4.69) is 66.2 Å². The Bertz CT molecular complexity index is 725. The molecule has 0 atom stereocenters. The smallest absolute Gasteiger partial charge is 0.0486 e. The van der Waals surface area contributed by atoms with Gasteiger partial charge in [-0.05, 0) is 37.1 Å². The van der Waals surface area contributed by atoms with Gasteiger partial charge in [0.1, 0.15) is 0 Å². The van der Waals surface area contributed by atoms with Gasteiger partial charge in [0.15, 0.2) is 0 Å². The van der Waals surface area contributed by atoms with Crippen LogP contribution in [0.25, 0.3) is 10.9 Å². The number of benzene rings is 2. The van der Waals surface area contributed by atoms with Crippen molar-refractivity contribution < 1.29 is 0 Å². The van der Waals surface area contributed by atoms with E-state index in [0.717, 1.165) is 13.0 Å². The van der Waals surface area contributed by atoms with Crippen molar-refractivity contribution in [2.75, 3.05) is 6.54 Å². The predicted molar refractivity (Wildman–Crippen MR) is 85.0 cm³/mol. The molecule has 1 aromatic heterocycles. The molecule has 2 N–H and O–H groups in total. The first-order valence-electron chi connectivity index (χ1n) is 7.10. The van der Waals surface area contributed by atoms with Crippen molar-refractivity contribution in [3.05, 3.63) is 71.4 Å². The van der Waals surface area contributed by atoms with Gasteiger partial charge in [0, 0.05) is 23.6 Å². The normalized spacial score (nSPS) is 11.1. The topological polar surface area (TPSA) is 30.9 Å². The van der Waals surface area contributed by atoms with Crippen LogP contribution >= 0.6 is 0 Å². The number of aryl methyl sites for hydroxylation is 1. The van der Waals surface area contributed by atoms with Gasteiger partial charge in [-0.3, -0.25) is 0 Å². The van der Waals surface area contributed by atoms with E-state index in [9.17, 15) is 0 Å². The highest BCUT2D eigenvalue weighted by molar-refractivity contribution is 5.84. The molecule has 2 heteroatoms. The summed E-state index contributed by atoms with van der Waals surface area (Å²) in [7, 11) is 0. The molecule has 0 radical (unpaired) electrons. The summed E-state index contributed by atoms with van der Waals surface area (Å²) in [6, 6.07) is 17.3. The average Bonchev–Trinajstić information content (AvgIpc) is 2.78. The summed E-state index contributed by atoms with van der Waals surface area (Å²) in [5.41, 5.74) is 11.0. The highest BCUT2D eigenvalue weighted by Crippen LogP contribution is 2.22. The summed E-state index contributed by atoms with van der Waals surface area (Å²) in [6.07, 6.45) is 3.18. The maximum absolute atomic E-state index is 5.72. The number of hydrogen-bond donors (Lipinski definition) is 1. The summed E-state index contributed by atoms with van der Waals surface area (Å²) < 4.78 is 2.33. The van der Waals surface area contributed by atoms with E-state index in [1.165, 1.54) is 27.6 Å². The van der Waals surface area contributed by atoms with Crippen LogP contribution < -0.4 is 5.73 Å². The Morgan fingerprint density at radius 3 is 2.70 bits per heavy atom. The summed E-state index contributed by atoms with van der Waals surface area (Å²) in [5.74, 6) is 0. The van der Waals surface area contributed by atoms with Crippen molar-refractivity contribution in [2.24, 2.45) is 5.73 Å². The summed E-state index contributed by atoms with van der Waals surface area (Å²) in [5, 5.41) is 1.32. The number of rotatable bonds is 4. The van der Waals surface area contributed by atoms with E-state index in [1.807, 2.05) is 0 Å². The summed E-state index contributed by atoms with van der Waals surface area (Å²) in [4.78, 5) is 0. The molecule has 0 spiro atoms. The fraction of sp³-hybridized carbons (Fsp3) is 0.222. The second-order valence-electron chi connectivity index (χ2n) is 5.33. The molecular weight excluding hydrogens is 244 g/mol. The minimum absolute atomic E-state index is 0.693. The van der Waals surface area contributed by atoms with Crippen LogP contribution in [0.2, 0.25) is 0 Å². The van der Waals surface area contributed by atoms with E-state index in [1.54, 1.807) is 0 Å². The van der Waals surface area contributed by atoms with Crippen molar-refractivity contribution in [1.29, 1.82) is 0 Å². The molecule has 0 amide bonds. The highest BCUT2D eigenvalue weighted by Gasteiger charge is 2.07. The van der Waals surface area contributed by atoms with Gasteiger partial charge in [0.25, 0.3) is 0 Å². The molecule has 20 heavy (non-hydrogen) atoms. The molecule has 0 aliphatic rings. The number of hydrogen-bond acceptors (Lipinski definition) is 1. The van der Waals surface area contributed by atoms with E-state index in [-0.39, 0.29) is 0 Å². The first-order valence-corrected chi connectivity index (χ1v) is 7.10. The fourth-order valence-corrected chi connectivity index (χ4v) is 2.82. The zero-order valence-electron chi connectivity index (χ0n) is 11.8. The molecule has 2 aromatic carbocycles. The quantitative estimate of drug-likeness (QED) is 0.768. The lowest BCUT2D eigenvalue weighted by molar-refractivity contribution is 0.826. The summed E-state index contributed by atoms with van der Waals surface area (Å²) >= 11 is 0. The largest absolute Gasteiger partial charge is 0.343 e. The van der Waals surface area contributed by atoms with Gasteiger partial charge >= 0.3 is 0 Å². The van der Waals surface area contributed by atoms with Crippen LogP contribution in [0.3, 0.4) is 0 Å². The second kappa shape index (κ2) is 5.51. The third kappa shape index (κ3) is 2.47. The summed E-state index contributed by atoms with van der Waals surface area (Å²) in [6.45, 7) is 3.74. The fourth-order valence-electron chi connectivity index (χ4n) is 2.82. The Balaban J connectivity index is 2.03. The minimum Gasteiger partial charge on any atom is -0.343 e. The molecule has 0 aliphatic heterocycles. The van der Waals surface area contributed by atoms with E-state index >= 15 is 0 Å². The SMILES string of the molecule is Cc1cccc(Cn2cc(CCN)c3ccccc32)c1. The molecule has 0 saturated heterocycles. The molecule has 3 rings (SSSR count). The number of aromatic nitrogens is 1. The Morgan fingerprint density at radius 1 is 1.05 bits per heavy atom. The van der Waals surface area contributed by atoms with E-state index in [4.69, 9.17) is 5.73 Å². The molecule has 0 bridgehead atoms. The maximum Gasteiger partial charge on any atom is 0.0486 e. The number of nitrogens with two attached hydrogens (primary N) is 1. The van der Waals surface area contributed by atoms with Crippen molar-refractivity contribution in [3.63, 3.8) is 0 Å². The van der Waals surface area contributed by atoms with E-state index in [0.29, 0.717) is 6.54 Å². The number of para-hydroxylation sites is 1. The highest BCUT2D eigenvalue weighted by atomic mass is 15.0. The van der Waals surface area contributed by atoms with Gasteiger partial charge in [-0.15, -0.1) is 0 Å². The van der Waals surface area contributed by atoms with Crippen molar-refractivity contribution in [3.8, 4) is 0 Å². The van der Waals surface area contributed by atoms with Gasteiger partial charge in [0.2, 0.25) is 0 Å². The third-order valence-electron chi connectivity index (χ3n) is 3.72. The van der Waals surface area contributed by atoms with Crippen LogP contribution in [0.1, 0.15) is 16.7 Å². The monoisotopic (exact) mass is 264 g/mol. The molecule has 3 aromatic rings. The van der Waals surface area contributed by atoms with Crippen LogP contribution in [0.4, 0.5) is 0 Å². The third-order valence-corrected chi connectivity index (χ3v) is 3.72. The molecule has 0 saturated carbocycles. The Kier molecular flexibility index (Phi) is 3.57. The molecule has 0 fully saturated rings. The van der Waals surface area contributed by atoms with Crippen LogP contribution in [-0.2, 0) is 13.0 Å². The molecule has 0 unspecified atom stereocenters. The van der Waals surface area contributed by atoms with Crippen molar-refractivity contribution in [1.82, 2.24) is 4.57 Å². The average molecular weight is 264 g/mol. The molecule has 0 aliphatic carbocycles.